The molecule has 0 aliphatic carbocycles. The Balaban J connectivity index is 1.36. The fraction of sp³-hybridized carbons (Fsp3) is 0.409. The SMILES string of the molecule is O=C(NCC(c1ccco1)N1CCCC1)c1ccc(CN2C(=O)CCC2=O)cc1. The van der Waals surface area contributed by atoms with Gasteiger partial charge in [-0.2, -0.15) is 0 Å². The number of nitrogens with one attached hydrogen (secondary N) is 1. The minimum absolute atomic E-state index is 0.0305. The van der Waals surface area contributed by atoms with E-state index in [2.05, 4.69) is 10.2 Å². The molecule has 152 valence electrons. The van der Waals surface area contributed by atoms with Gasteiger partial charge in [0.1, 0.15) is 5.76 Å². The molecular formula is C22H25N3O4. The number of benzene rings is 1. The molecule has 1 aromatic heterocycles. The van der Waals surface area contributed by atoms with E-state index in [9.17, 15) is 14.4 Å². The van der Waals surface area contributed by atoms with Crippen molar-refractivity contribution < 1.29 is 18.8 Å². The van der Waals surface area contributed by atoms with E-state index in [0.29, 0.717) is 12.1 Å². The lowest BCUT2D eigenvalue weighted by molar-refractivity contribution is -0.139. The Labute approximate surface area is 169 Å². The van der Waals surface area contributed by atoms with Crippen LogP contribution in [-0.2, 0) is 16.1 Å². The van der Waals surface area contributed by atoms with Crippen molar-refractivity contribution in [2.45, 2.75) is 38.3 Å². The standard InChI is InChI=1S/C22H25N3O4/c26-20-9-10-21(27)25(20)15-16-5-7-17(8-6-16)22(28)23-14-18(19-4-3-13-29-19)24-11-1-2-12-24/h3-8,13,18H,1-2,9-12,14-15H2,(H,23,28). The molecule has 7 heteroatoms. The lowest BCUT2D eigenvalue weighted by atomic mass is 10.1. The first-order chi connectivity index (χ1) is 14.1. The summed E-state index contributed by atoms with van der Waals surface area (Å²) in [6.07, 6.45) is 4.55. The van der Waals surface area contributed by atoms with Gasteiger partial charge in [0.2, 0.25) is 11.8 Å². The molecule has 2 aliphatic heterocycles. The number of imide groups is 1. The maximum absolute atomic E-state index is 12.6. The van der Waals surface area contributed by atoms with Crippen LogP contribution in [0, 0.1) is 0 Å². The number of hydrogen-bond donors (Lipinski definition) is 1. The Bertz CT molecular complexity index is 854. The van der Waals surface area contributed by atoms with Crippen LogP contribution >= 0.6 is 0 Å². The molecule has 0 radical (unpaired) electrons. The lowest BCUT2D eigenvalue weighted by Gasteiger charge is -2.26. The average Bonchev–Trinajstić information content (AvgIpc) is 3.49. The molecule has 4 rings (SSSR count). The molecule has 1 atom stereocenters. The van der Waals surface area contributed by atoms with Gasteiger partial charge in [0.25, 0.3) is 5.91 Å². The van der Waals surface area contributed by atoms with E-state index >= 15 is 0 Å². The van der Waals surface area contributed by atoms with Crippen molar-refractivity contribution in [2.24, 2.45) is 0 Å². The van der Waals surface area contributed by atoms with E-state index in [1.165, 1.54) is 4.90 Å². The van der Waals surface area contributed by atoms with Crippen LogP contribution in [0.2, 0.25) is 0 Å². The van der Waals surface area contributed by atoms with Crippen LogP contribution in [0.3, 0.4) is 0 Å². The Kier molecular flexibility index (Phi) is 5.76. The van der Waals surface area contributed by atoms with Crippen molar-refractivity contribution in [2.75, 3.05) is 19.6 Å². The van der Waals surface area contributed by atoms with E-state index in [0.717, 1.165) is 37.3 Å². The predicted molar refractivity (Wildman–Crippen MR) is 106 cm³/mol. The molecule has 0 bridgehead atoms. The van der Waals surface area contributed by atoms with Gasteiger partial charge >= 0.3 is 0 Å². The highest BCUT2D eigenvalue weighted by Gasteiger charge is 2.29. The summed E-state index contributed by atoms with van der Waals surface area (Å²) in [6, 6.07) is 10.9. The van der Waals surface area contributed by atoms with E-state index in [-0.39, 0.29) is 43.1 Å². The Hall–Kier alpha value is -2.93. The van der Waals surface area contributed by atoms with Gasteiger partial charge in [-0.1, -0.05) is 12.1 Å². The molecular weight excluding hydrogens is 370 g/mol. The van der Waals surface area contributed by atoms with Crippen molar-refractivity contribution in [1.29, 1.82) is 0 Å². The summed E-state index contributed by atoms with van der Waals surface area (Å²) < 4.78 is 5.59. The van der Waals surface area contributed by atoms with Crippen LogP contribution in [0.15, 0.2) is 47.1 Å². The minimum atomic E-state index is -0.152. The zero-order chi connectivity index (χ0) is 20.2. The molecule has 2 aliphatic rings. The number of carbonyl (C=O) groups is 3. The maximum atomic E-state index is 12.6. The fourth-order valence-corrected chi connectivity index (χ4v) is 3.98. The number of hydrogen-bond acceptors (Lipinski definition) is 5. The van der Waals surface area contributed by atoms with E-state index in [4.69, 9.17) is 4.42 Å². The van der Waals surface area contributed by atoms with Gasteiger partial charge in [0, 0.05) is 24.9 Å². The van der Waals surface area contributed by atoms with Crippen LogP contribution < -0.4 is 5.32 Å². The van der Waals surface area contributed by atoms with Crippen LogP contribution in [-0.4, -0.2) is 47.2 Å². The zero-order valence-corrected chi connectivity index (χ0v) is 16.3. The monoisotopic (exact) mass is 395 g/mol. The number of likely N-dealkylation sites (tertiary alicyclic amines) is 2. The summed E-state index contributed by atoms with van der Waals surface area (Å²) in [5, 5.41) is 3.01. The summed E-state index contributed by atoms with van der Waals surface area (Å²) in [4.78, 5) is 39.7. The van der Waals surface area contributed by atoms with Crippen molar-refractivity contribution >= 4 is 17.7 Å². The summed E-state index contributed by atoms with van der Waals surface area (Å²) >= 11 is 0. The molecule has 2 saturated heterocycles. The van der Waals surface area contributed by atoms with Crippen molar-refractivity contribution in [3.63, 3.8) is 0 Å². The number of furan rings is 1. The smallest absolute Gasteiger partial charge is 0.251 e. The van der Waals surface area contributed by atoms with Crippen molar-refractivity contribution in [3.8, 4) is 0 Å². The second-order valence-corrected chi connectivity index (χ2v) is 7.55. The molecule has 3 amide bonds. The topological polar surface area (TPSA) is 82.9 Å². The maximum Gasteiger partial charge on any atom is 0.251 e. The highest BCUT2D eigenvalue weighted by molar-refractivity contribution is 6.01. The van der Waals surface area contributed by atoms with Crippen molar-refractivity contribution in [1.82, 2.24) is 15.1 Å². The first-order valence-electron chi connectivity index (χ1n) is 10.1. The van der Waals surface area contributed by atoms with Crippen molar-refractivity contribution in [3.05, 3.63) is 59.5 Å². The highest BCUT2D eigenvalue weighted by Crippen LogP contribution is 2.25. The fourth-order valence-electron chi connectivity index (χ4n) is 3.98. The van der Waals surface area contributed by atoms with Crippen LogP contribution in [0.5, 0.6) is 0 Å². The third-order valence-corrected chi connectivity index (χ3v) is 5.62. The van der Waals surface area contributed by atoms with E-state index in [1.54, 1.807) is 30.5 Å². The molecule has 7 nitrogen and oxygen atoms in total. The summed E-state index contributed by atoms with van der Waals surface area (Å²) in [6.45, 7) is 2.74. The molecule has 1 aromatic carbocycles. The summed E-state index contributed by atoms with van der Waals surface area (Å²) in [7, 11) is 0. The molecule has 0 spiro atoms. The Morgan fingerprint density at radius 2 is 1.72 bits per heavy atom. The summed E-state index contributed by atoms with van der Waals surface area (Å²) in [5.41, 5.74) is 1.38. The molecule has 1 N–H and O–H groups in total. The van der Waals surface area contributed by atoms with E-state index < -0.39 is 0 Å². The Morgan fingerprint density at radius 1 is 1.03 bits per heavy atom. The first-order valence-corrected chi connectivity index (χ1v) is 10.1. The minimum Gasteiger partial charge on any atom is -0.468 e. The number of carbonyl (C=O) groups excluding carboxylic acids is 3. The number of nitrogens with zero attached hydrogens (tertiary/aromatic N) is 2. The molecule has 3 heterocycles. The normalized spacial score (nSPS) is 18.4. The van der Waals surface area contributed by atoms with Crippen LogP contribution in [0.1, 0.15) is 53.4 Å². The highest BCUT2D eigenvalue weighted by atomic mass is 16.3. The van der Waals surface area contributed by atoms with Gasteiger partial charge in [0.05, 0.1) is 18.8 Å². The third kappa shape index (κ3) is 4.40. The van der Waals surface area contributed by atoms with E-state index in [1.807, 2.05) is 12.1 Å². The molecule has 0 saturated carbocycles. The van der Waals surface area contributed by atoms with Gasteiger partial charge in [-0.3, -0.25) is 24.2 Å². The van der Waals surface area contributed by atoms with Crippen LogP contribution in [0.25, 0.3) is 0 Å². The largest absolute Gasteiger partial charge is 0.468 e. The molecule has 2 aromatic rings. The molecule has 29 heavy (non-hydrogen) atoms. The summed E-state index contributed by atoms with van der Waals surface area (Å²) in [5.74, 6) is 0.438. The second kappa shape index (κ2) is 8.61. The number of amides is 3. The van der Waals surface area contributed by atoms with Gasteiger partial charge in [0.15, 0.2) is 0 Å². The van der Waals surface area contributed by atoms with Gasteiger partial charge in [-0.05, 0) is 55.8 Å². The second-order valence-electron chi connectivity index (χ2n) is 7.55. The Morgan fingerprint density at radius 3 is 2.34 bits per heavy atom. The predicted octanol–water partition coefficient (Wildman–Crippen LogP) is 2.50. The number of rotatable bonds is 7. The zero-order valence-electron chi connectivity index (χ0n) is 16.3. The van der Waals surface area contributed by atoms with Gasteiger partial charge < -0.3 is 9.73 Å². The quantitative estimate of drug-likeness (QED) is 0.729. The first kappa shape index (κ1) is 19.4. The lowest BCUT2D eigenvalue weighted by Crippen LogP contribution is -2.36. The average molecular weight is 395 g/mol. The molecule has 1 unspecified atom stereocenters. The third-order valence-electron chi connectivity index (χ3n) is 5.62. The molecule has 2 fully saturated rings. The van der Waals surface area contributed by atoms with Gasteiger partial charge in [-0.15, -0.1) is 0 Å². The van der Waals surface area contributed by atoms with Gasteiger partial charge in [-0.25, -0.2) is 0 Å². The van der Waals surface area contributed by atoms with Crippen LogP contribution in [0.4, 0.5) is 0 Å².